The van der Waals surface area contributed by atoms with Crippen molar-refractivity contribution < 1.29 is 14.3 Å². The smallest absolute Gasteiger partial charge is 0.262 e. The van der Waals surface area contributed by atoms with E-state index in [0.29, 0.717) is 16.5 Å². The average molecular weight is 409 g/mol. The van der Waals surface area contributed by atoms with Crippen LogP contribution in [0.15, 0.2) is 48.5 Å². The number of thiazole rings is 1. The highest BCUT2D eigenvalue weighted by Crippen LogP contribution is 2.29. The van der Waals surface area contributed by atoms with Crippen LogP contribution >= 0.6 is 11.3 Å². The summed E-state index contributed by atoms with van der Waals surface area (Å²) in [7, 11) is 0. The Balaban J connectivity index is 1.56. The largest absolute Gasteiger partial charge is 0.484 e. The number of hydrogen-bond donors (Lipinski definition) is 1. The fourth-order valence-corrected chi connectivity index (χ4v) is 3.80. The number of hydrogen-bond acceptors (Lipinski definition) is 5. The zero-order valence-electron chi connectivity index (χ0n) is 17.0. The molecular formula is C23H24N2O3S. The molecule has 29 heavy (non-hydrogen) atoms. The molecule has 2 aromatic carbocycles. The molecule has 6 heteroatoms. The van der Waals surface area contributed by atoms with Crippen LogP contribution in [0.4, 0.5) is 5.69 Å². The van der Waals surface area contributed by atoms with Gasteiger partial charge in [-0.25, -0.2) is 4.98 Å². The van der Waals surface area contributed by atoms with E-state index in [4.69, 9.17) is 4.74 Å². The monoisotopic (exact) mass is 408 g/mol. The molecule has 0 spiro atoms. The molecule has 0 unspecified atom stereocenters. The molecule has 0 radical (unpaired) electrons. The number of carbonyl (C=O) groups is 2. The summed E-state index contributed by atoms with van der Waals surface area (Å²) in [6.45, 7) is 7.57. The number of benzene rings is 2. The fraction of sp³-hybridized carbons (Fsp3) is 0.261. The van der Waals surface area contributed by atoms with Crippen molar-refractivity contribution in [3.63, 3.8) is 0 Å². The van der Waals surface area contributed by atoms with Crippen LogP contribution < -0.4 is 10.1 Å². The van der Waals surface area contributed by atoms with Gasteiger partial charge in [0.15, 0.2) is 12.4 Å². The number of ether oxygens (including phenoxy) is 1. The maximum absolute atomic E-state index is 12.1. The number of amides is 1. The fourth-order valence-electron chi connectivity index (χ4n) is 2.84. The van der Waals surface area contributed by atoms with Gasteiger partial charge in [-0.05, 0) is 54.8 Å². The number of aromatic nitrogens is 1. The number of nitrogens with zero attached hydrogens (tertiary/aromatic N) is 1. The van der Waals surface area contributed by atoms with Gasteiger partial charge in [0, 0.05) is 18.2 Å². The second kappa shape index (κ2) is 9.01. The Morgan fingerprint density at radius 1 is 1.07 bits per heavy atom. The predicted octanol–water partition coefficient (Wildman–Crippen LogP) is 5.46. The van der Waals surface area contributed by atoms with Gasteiger partial charge in [-0.1, -0.05) is 26.0 Å². The first-order chi connectivity index (χ1) is 13.8. The molecule has 1 amide bonds. The molecule has 0 aliphatic heterocycles. The van der Waals surface area contributed by atoms with Crippen LogP contribution in [-0.2, 0) is 4.79 Å². The highest BCUT2D eigenvalue weighted by atomic mass is 32.1. The van der Waals surface area contributed by atoms with Gasteiger partial charge in [0.05, 0.1) is 10.6 Å². The van der Waals surface area contributed by atoms with E-state index in [2.05, 4.69) is 24.1 Å². The van der Waals surface area contributed by atoms with Crippen LogP contribution in [-0.4, -0.2) is 23.3 Å². The van der Waals surface area contributed by atoms with Crippen LogP contribution in [0.3, 0.4) is 0 Å². The molecule has 0 aliphatic carbocycles. The van der Waals surface area contributed by atoms with Crippen molar-refractivity contribution in [1.29, 1.82) is 0 Å². The van der Waals surface area contributed by atoms with Gasteiger partial charge in [-0.2, -0.15) is 0 Å². The number of nitrogens with one attached hydrogen (secondary N) is 1. The third-order valence-corrected chi connectivity index (χ3v) is 5.76. The van der Waals surface area contributed by atoms with Crippen molar-refractivity contribution >= 4 is 28.7 Å². The summed E-state index contributed by atoms with van der Waals surface area (Å²) in [4.78, 5) is 28.9. The lowest BCUT2D eigenvalue weighted by Crippen LogP contribution is -2.20. The third kappa shape index (κ3) is 5.29. The van der Waals surface area contributed by atoms with E-state index >= 15 is 0 Å². The summed E-state index contributed by atoms with van der Waals surface area (Å²) in [6.07, 6.45) is 0. The van der Waals surface area contributed by atoms with Gasteiger partial charge in [0.1, 0.15) is 10.8 Å². The Hall–Kier alpha value is -2.99. The molecule has 1 N–H and O–H groups in total. The lowest BCUT2D eigenvalue weighted by Gasteiger charge is -2.09. The molecule has 0 atom stereocenters. The Bertz CT molecular complexity index is 1010. The van der Waals surface area contributed by atoms with Crippen molar-refractivity contribution in [2.75, 3.05) is 11.9 Å². The molecule has 0 saturated carbocycles. The Labute approximate surface area is 174 Å². The van der Waals surface area contributed by atoms with Crippen molar-refractivity contribution in [2.24, 2.45) is 0 Å². The van der Waals surface area contributed by atoms with E-state index in [1.54, 1.807) is 19.1 Å². The minimum Gasteiger partial charge on any atom is -0.484 e. The van der Waals surface area contributed by atoms with Crippen LogP contribution in [0, 0.1) is 6.92 Å². The van der Waals surface area contributed by atoms with E-state index in [1.807, 2.05) is 43.3 Å². The second-order valence-corrected chi connectivity index (χ2v) is 8.13. The Kier molecular flexibility index (Phi) is 6.44. The Morgan fingerprint density at radius 2 is 1.72 bits per heavy atom. The highest BCUT2D eigenvalue weighted by Gasteiger charge is 2.13. The topological polar surface area (TPSA) is 68.3 Å². The first-order valence-corrected chi connectivity index (χ1v) is 10.3. The summed E-state index contributed by atoms with van der Waals surface area (Å²) < 4.78 is 5.58. The molecule has 3 aromatic rings. The molecule has 150 valence electrons. The highest BCUT2D eigenvalue weighted by molar-refractivity contribution is 7.17. The van der Waals surface area contributed by atoms with Gasteiger partial charge in [-0.3, -0.25) is 9.59 Å². The average Bonchev–Trinajstić information content (AvgIpc) is 3.09. The number of rotatable bonds is 7. The molecule has 1 aromatic heterocycles. The van der Waals surface area contributed by atoms with Crippen molar-refractivity contribution in [3.8, 4) is 16.3 Å². The molecule has 3 rings (SSSR count). The molecule has 5 nitrogen and oxygen atoms in total. The Morgan fingerprint density at radius 3 is 2.28 bits per heavy atom. The minimum atomic E-state index is -0.215. The van der Waals surface area contributed by atoms with Crippen molar-refractivity contribution in [1.82, 2.24) is 4.98 Å². The van der Waals surface area contributed by atoms with Gasteiger partial charge in [0.25, 0.3) is 5.91 Å². The first kappa shape index (κ1) is 20.7. The summed E-state index contributed by atoms with van der Waals surface area (Å²) in [5, 5.41) is 3.62. The van der Waals surface area contributed by atoms with E-state index in [0.717, 1.165) is 22.0 Å². The van der Waals surface area contributed by atoms with Gasteiger partial charge in [-0.15, -0.1) is 11.3 Å². The normalized spacial score (nSPS) is 10.8. The summed E-state index contributed by atoms with van der Waals surface area (Å²) in [6, 6.07) is 15.2. The first-order valence-electron chi connectivity index (χ1n) is 9.45. The maximum atomic E-state index is 12.1. The van der Waals surface area contributed by atoms with E-state index in [1.165, 1.54) is 16.9 Å². The van der Waals surface area contributed by atoms with Crippen LogP contribution in [0.1, 0.15) is 47.6 Å². The summed E-state index contributed by atoms with van der Waals surface area (Å²) in [5.74, 6) is 0.858. The lowest BCUT2D eigenvalue weighted by atomic mass is 10.0. The molecule has 0 fully saturated rings. The summed E-state index contributed by atoms with van der Waals surface area (Å²) in [5.41, 5.74) is 3.63. The molecule has 0 aliphatic rings. The molecule has 0 saturated heterocycles. The summed E-state index contributed by atoms with van der Waals surface area (Å²) >= 11 is 1.38. The third-order valence-electron chi connectivity index (χ3n) is 4.45. The number of aryl methyl sites for hydroxylation is 1. The number of Topliss-reactive ketones (excluding diaryl/α,β-unsaturated/α-hetero) is 1. The quantitative estimate of drug-likeness (QED) is 0.527. The van der Waals surface area contributed by atoms with Crippen LogP contribution in [0.25, 0.3) is 10.6 Å². The SMILES string of the molecule is CC(=O)c1sc(-c2ccc(OCC(=O)Nc3ccc(C(C)C)cc3)cc2)nc1C. The van der Waals surface area contributed by atoms with E-state index in [-0.39, 0.29) is 18.3 Å². The van der Waals surface area contributed by atoms with Gasteiger partial charge < -0.3 is 10.1 Å². The molecular weight excluding hydrogens is 384 g/mol. The number of carbonyl (C=O) groups excluding carboxylic acids is 2. The minimum absolute atomic E-state index is 0.0241. The van der Waals surface area contributed by atoms with Crippen LogP contribution in [0.2, 0.25) is 0 Å². The lowest BCUT2D eigenvalue weighted by molar-refractivity contribution is -0.118. The van der Waals surface area contributed by atoms with Gasteiger partial charge in [0.2, 0.25) is 0 Å². The second-order valence-electron chi connectivity index (χ2n) is 7.13. The zero-order valence-corrected chi connectivity index (χ0v) is 17.8. The maximum Gasteiger partial charge on any atom is 0.262 e. The number of anilines is 1. The molecule has 1 heterocycles. The van der Waals surface area contributed by atoms with E-state index < -0.39 is 0 Å². The standard InChI is InChI=1S/C23H24N2O3S/c1-14(2)17-5-9-19(10-6-17)25-21(27)13-28-20-11-7-18(8-12-20)23-24-15(3)22(29-23)16(4)26/h5-12,14H,13H2,1-4H3,(H,25,27). The van der Waals surface area contributed by atoms with Crippen molar-refractivity contribution in [2.45, 2.75) is 33.6 Å². The van der Waals surface area contributed by atoms with Gasteiger partial charge >= 0.3 is 0 Å². The predicted molar refractivity (Wildman–Crippen MR) is 117 cm³/mol. The molecule has 0 bridgehead atoms. The van der Waals surface area contributed by atoms with Crippen LogP contribution in [0.5, 0.6) is 5.75 Å². The number of ketones is 1. The zero-order chi connectivity index (χ0) is 21.0. The van der Waals surface area contributed by atoms with Crippen molar-refractivity contribution in [3.05, 3.63) is 64.7 Å². The van der Waals surface area contributed by atoms with E-state index in [9.17, 15) is 9.59 Å².